The second kappa shape index (κ2) is 7.89. The SMILES string of the molecule is Cc1ccc2c(c1)c1c3n2CCN(CC(=O)N/N=C\c2ccccc2Cl)[C@H]3CCC1. The number of amides is 1. The van der Waals surface area contributed by atoms with Gasteiger partial charge in [0, 0.05) is 40.3 Å². The van der Waals surface area contributed by atoms with E-state index in [1.807, 2.05) is 18.2 Å². The van der Waals surface area contributed by atoms with Gasteiger partial charge in [0.25, 0.3) is 5.91 Å². The van der Waals surface area contributed by atoms with Crippen molar-refractivity contribution >= 4 is 34.6 Å². The highest BCUT2D eigenvalue weighted by atomic mass is 35.5. The van der Waals surface area contributed by atoms with Gasteiger partial charge in [-0.3, -0.25) is 9.69 Å². The molecule has 2 aliphatic rings. The number of carbonyl (C=O) groups excluding carboxylic acids is 1. The molecule has 5 nitrogen and oxygen atoms in total. The third-order valence-corrected chi connectivity index (χ3v) is 6.63. The highest BCUT2D eigenvalue weighted by Crippen LogP contribution is 2.42. The smallest absolute Gasteiger partial charge is 0.254 e. The van der Waals surface area contributed by atoms with Gasteiger partial charge in [-0.05, 0) is 49.9 Å². The van der Waals surface area contributed by atoms with Gasteiger partial charge in [-0.1, -0.05) is 41.4 Å². The van der Waals surface area contributed by atoms with Gasteiger partial charge in [-0.15, -0.1) is 0 Å². The summed E-state index contributed by atoms with van der Waals surface area (Å²) >= 11 is 6.13. The zero-order chi connectivity index (χ0) is 20.7. The van der Waals surface area contributed by atoms with Gasteiger partial charge < -0.3 is 4.57 Å². The summed E-state index contributed by atoms with van der Waals surface area (Å²) in [6, 6.07) is 14.5. The second-order valence-electron chi connectivity index (χ2n) is 8.23. The topological polar surface area (TPSA) is 49.6 Å². The Morgan fingerprint density at radius 1 is 1.27 bits per heavy atom. The molecular formula is C24H25ClN4O. The molecule has 0 bridgehead atoms. The molecule has 0 radical (unpaired) electrons. The minimum Gasteiger partial charge on any atom is -0.342 e. The molecule has 1 amide bonds. The van der Waals surface area contributed by atoms with Crippen molar-refractivity contribution in [2.45, 2.75) is 38.8 Å². The maximum atomic E-state index is 12.6. The average molecular weight is 421 g/mol. The van der Waals surface area contributed by atoms with E-state index in [0.29, 0.717) is 17.6 Å². The lowest BCUT2D eigenvalue weighted by Crippen LogP contribution is -2.44. The lowest BCUT2D eigenvalue weighted by Gasteiger charge is -2.39. The van der Waals surface area contributed by atoms with E-state index in [0.717, 1.165) is 37.9 Å². The fourth-order valence-corrected chi connectivity index (χ4v) is 5.14. The first kappa shape index (κ1) is 19.3. The fourth-order valence-electron chi connectivity index (χ4n) is 4.95. The number of halogens is 1. The standard InChI is InChI=1S/C24H25ClN4O/c1-16-9-10-21-19(13-16)18-6-4-8-22-24(18)29(21)12-11-28(22)15-23(30)27-26-14-17-5-2-3-7-20(17)25/h2-3,5,7,9-10,13-14,22H,4,6,8,11-12,15H2,1H3,(H,27,30)/b26-14-/t22-/m0/s1. The van der Waals surface area contributed by atoms with Crippen molar-refractivity contribution in [1.82, 2.24) is 14.9 Å². The Bertz CT molecular complexity index is 1150. The summed E-state index contributed by atoms with van der Waals surface area (Å²) in [6.45, 7) is 4.30. The molecule has 0 saturated heterocycles. The van der Waals surface area contributed by atoms with Crippen LogP contribution >= 0.6 is 11.6 Å². The molecular weight excluding hydrogens is 396 g/mol. The monoisotopic (exact) mass is 420 g/mol. The van der Waals surface area contributed by atoms with Crippen LogP contribution in [0.4, 0.5) is 0 Å². The number of aryl methyl sites for hydroxylation is 2. The van der Waals surface area contributed by atoms with Crippen molar-refractivity contribution in [3.8, 4) is 0 Å². The zero-order valence-electron chi connectivity index (χ0n) is 17.1. The first-order chi connectivity index (χ1) is 14.6. The molecule has 1 aromatic heterocycles. The number of carbonyl (C=O) groups is 1. The minimum atomic E-state index is -0.0918. The van der Waals surface area contributed by atoms with Crippen LogP contribution < -0.4 is 5.43 Å². The van der Waals surface area contributed by atoms with Crippen molar-refractivity contribution < 1.29 is 4.79 Å². The molecule has 30 heavy (non-hydrogen) atoms. The highest BCUT2D eigenvalue weighted by Gasteiger charge is 2.35. The Labute approximate surface area is 181 Å². The third-order valence-electron chi connectivity index (χ3n) is 6.28. The van der Waals surface area contributed by atoms with Gasteiger partial charge in [0.1, 0.15) is 0 Å². The summed E-state index contributed by atoms with van der Waals surface area (Å²) < 4.78 is 2.48. The van der Waals surface area contributed by atoms with E-state index < -0.39 is 0 Å². The molecule has 0 unspecified atom stereocenters. The minimum absolute atomic E-state index is 0.0918. The van der Waals surface area contributed by atoms with Crippen molar-refractivity contribution in [1.29, 1.82) is 0 Å². The summed E-state index contributed by atoms with van der Waals surface area (Å²) in [4.78, 5) is 14.9. The summed E-state index contributed by atoms with van der Waals surface area (Å²) in [5.74, 6) is -0.0918. The third kappa shape index (κ3) is 3.42. The van der Waals surface area contributed by atoms with Crippen LogP contribution in [0.15, 0.2) is 47.6 Å². The fraction of sp³-hybridized carbons (Fsp3) is 0.333. The van der Waals surface area contributed by atoms with E-state index in [2.05, 4.69) is 45.1 Å². The number of hydrazone groups is 1. The molecule has 1 atom stereocenters. The molecule has 0 saturated carbocycles. The maximum Gasteiger partial charge on any atom is 0.254 e. The van der Waals surface area contributed by atoms with Gasteiger partial charge in [0.15, 0.2) is 0 Å². The number of nitrogens with zero attached hydrogens (tertiary/aromatic N) is 3. The number of rotatable bonds is 4. The van der Waals surface area contributed by atoms with E-state index in [9.17, 15) is 4.79 Å². The summed E-state index contributed by atoms with van der Waals surface area (Å²) in [5.41, 5.74) is 8.99. The zero-order valence-corrected chi connectivity index (χ0v) is 17.8. The van der Waals surface area contributed by atoms with Crippen LogP contribution in [0.3, 0.4) is 0 Å². The quantitative estimate of drug-likeness (QED) is 0.501. The Balaban J connectivity index is 1.33. The summed E-state index contributed by atoms with van der Waals surface area (Å²) in [6.07, 6.45) is 4.97. The van der Waals surface area contributed by atoms with Crippen LogP contribution in [-0.4, -0.2) is 34.7 Å². The molecule has 1 aliphatic carbocycles. The Morgan fingerprint density at radius 3 is 3.00 bits per heavy atom. The molecule has 3 aromatic rings. The molecule has 6 heteroatoms. The van der Waals surface area contributed by atoms with Gasteiger partial charge in [-0.25, -0.2) is 5.43 Å². The normalized spacial score (nSPS) is 18.7. The van der Waals surface area contributed by atoms with Crippen molar-refractivity contribution in [3.05, 3.63) is 69.9 Å². The number of aromatic nitrogens is 1. The van der Waals surface area contributed by atoms with Crippen LogP contribution in [0.2, 0.25) is 5.02 Å². The Morgan fingerprint density at radius 2 is 2.13 bits per heavy atom. The second-order valence-corrected chi connectivity index (χ2v) is 8.64. The molecule has 1 aliphatic heterocycles. The van der Waals surface area contributed by atoms with E-state index in [1.165, 1.54) is 27.7 Å². The summed E-state index contributed by atoms with van der Waals surface area (Å²) in [7, 11) is 0. The highest BCUT2D eigenvalue weighted by molar-refractivity contribution is 6.33. The average Bonchev–Trinajstić information content (AvgIpc) is 3.06. The number of nitrogens with one attached hydrogen (secondary N) is 1. The van der Waals surface area contributed by atoms with E-state index in [-0.39, 0.29) is 5.91 Å². The number of hydrogen-bond acceptors (Lipinski definition) is 3. The molecule has 1 N–H and O–H groups in total. The molecule has 5 rings (SSSR count). The molecule has 0 fully saturated rings. The first-order valence-corrected chi connectivity index (χ1v) is 10.9. The summed E-state index contributed by atoms with van der Waals surface area (Å²) in [5, 5.41) is 6.11. The number of hydrogen-bond donors (Lipinski definition) is 1. The van der Waals surface area contributed by atoms with Gasteiger partial charge in [0.2, 0.25) is 0 Å². The van der Waals surface area contributed by atoms with Gasteiger partial charge in [-0.2, -0.15) is 5.10 Å². The van der Waals surface area contributed by atoms with Crippen molar-refractivity contribution in [3.63, 3.8) is 0 Å². The van der Waals surface area contributed by atoms with Gasteiger partial charge >= 0.3 is 0 Å². The lowest BCUT2D eigenvalue weighted by molar-refractivity contribution is -0.123. The first-order valence-electron chi connectivity index (χ1n) is 10.5. The lowest BCUT2D eigenvalue weighted by atomic mass is 9.89. The molecule has 2 heterocycles. The Hall–Kier alpha value is -2.63. The van der Waals surface area contributed by atoms with Crippen LogP contribution in [0.5, 0.6) is 0 Å². The van der Waals surface area contributed by atoms with Crippen LogP contribution in [0.1, 0.15) is 41.3 Å². The van der Waals surface area contributed by atoms with Crippen molar-refractivity contribution in [2.24, 2.45) is 5.10 Å². The number of benzene rings is 2. The van der Waals surface area contributed by atoms with E-state index in [1.54, 1.807) is 12.3 Å². The maximum absolute atomic E-state index is 12.6. The van der Waals surface area contributed by atoms with Crippen LogP contribution in [-0.2, 0) is 17.8 Å². The number of fused-ring (bicyclic) bond motifs is 3. The molecule has 154 valence electrons. The van der Waals surface area contributed by atoms with E-state index >= 15 is 0 Å². The van der Waals surface area contributed by atoms with Crippen LogP contribution in [0, 0.1) is 6.92 Å². The largest absolute Gasteiger partial charge is 0.342 e. The Kier molecular flexibility index (Phi) is 5.09. The van der Waals surface area contributed by atoms with Crippen molar-refractivity contribution in [2.75, 3.05) is 13.1 Å². The van der Waals surface area contributed by atoms with E-state index in [4.69, 9.17) is 11.6 Å². The molecule has 2 aromatic carbocycles. The van der Waals surface area contributed by atoms with Crippen LogP contribution in [0.25, 0.3) is 10.9 Å². The predicted octanol–water partition coefficient (Wildman–Crippen LogP) is 4.45. The molecule has 0 spiro atoms. The van der Waals surface area contributed by atoms with Gasteiger partial charge in [0.05, 0.1) is 18.8 Å². The predicted molar refractivity (Wildman–Crippen MR) is 121 cm³/mol.